The molecule has 146 valence electrons. The van der Waals surface area contributed by atoms with E-state index in [2.05, 4.69) is 4.99 Å². The molecule has 4 nitrogen and oxygen atoms in total. The highest BCUT2D eigenvalue weighted by molar-refractivity contribution is 7.80. The maximum Gasteiger partial charge on any atom is 0.225 e. The molecule has 29 heavy (non-hydrogen) atoms. The zero-order valence-corrected chi connectivity index (χ0v) is 16.9. The van der Waals surface area contributed by atoms with E-state index in [0.29, 0.717) is 16.7 Å². The maximum absolute atomic E-state index is 13.5. The van der Waals surface area contributed by atoms with Crippen LogP contribution in [0, 0.1) is 5.82 Å². The molecule has 0 spiro atoms. The van der Waals surface area contributed by atoms with Crippen LogP contribution < -0.4 is 9.80 Å². The minimum atomic E-state index is -0.517. The number of ether oxygens (including phenoxy) is 1. The molecule has 1 aliphatic heterocycles. The maximum atomic E-state index is 13.5. The minimum absolute atomic E-state index is 0.307. The molecule has 0 fully saturated rings. The fourth-order valence-electron chi connectivity index (χ4n) is 3.14. The highest BCUT2D eigenvalue weighted by atomic mass is 32.1. The van der Waals surface area contributed by atoms with Gasteiger partial charge >= 0.3 is 0 Å². The van der Waals surface area contributed by atoms with Crippen LogP contribution in [-0.4, -0.2) is 25.1 Å². The molecular weight excluding hydrogens is 385 g/mol. The van der Waals surface area contributed by atoms with Crippen molar-refractivity contribution in [2.45, 2.75) is 6.23 Å². The fraction of sp³-hybridized carbons (Fsp3) is 0.130. The third kappa shape index (κ3) is 3.98. The Labute approximate surface area is 174 Å². The minimum Gasteiger partial charge on any atom is -0.448 e. The Hall–Kier alpha value is -3.25. The molecule has 4 rings (SSSR count). The number of benzene rings is 3. The molecule has 0 aliphatic carbocycles. The van der Waals surface area contributed by atoms with E-state index in [0.717, 1.165) is 16.8 Å². The summed E-state index contributed by atoms with van der Waals surface area (Å²) in [6.45, 7) is 0. The summed E-state index contributed by atoms with van der Waals surface area (Å²) in [6, 6.07) is 23.9. The van der Waals surface area contributed by atoms with E-state index in [1.54, 1.807) is 17.0 Å². The van der Waals surface area contributed by atoms with Crippen LogP contribution in [0.2, 0.25) is 0 Å². The summed E-state index contributed by atoms with van der Waals surface area (Å²) in [5.74, 6) is 0.161. The summed E-state index contributed by atoms with van der Waals surface area (Å²) in [7, 11) is 3.98. The second-order valence-corrected chi connectivity index (χ2v) is 7.23. The first kappa shape index (κ1) is 19.1. The lowest BCUT2D eigenvalue weighted by atomic mass is 10.1. The number of thiocarbonyl (C=S) groups is 1. The van der Waals surface area contributed by atoms with Crippen LogP contribution in [0.4, 0.5) is 15.8 Å². The fourth-order valence-corrected chi connectivity index (χ4v) is 3.42. The second-order valence-electron chi connectivity index (χ2n) is 6.87. The molecule has 0 N–H and O–H groups in total. The van der Waals surface area contributed by atoms with E-state index >= 15 is 0 Å². The number of halogens is 1. The van der Waals surface area contributed by atoms with Gasteiger partial charge in [-0.15, -0.1) is 0 Å². The summed E-state index contributed by atoms with van der Waals surface area (Å²) in [6.07, 6.45) is -0.517. The Balaban J connectivity index is 1.77. The normalized spacial score (nSPS) is 16.2. The van der Waals surface area contributed by atoms with Crippen LogP contribution >= 0.6 is 12.2 Å². The highest BCUT2D eigenvalue weighted by Gasteiger charge is 2.32. The van der Waals surface area contributed by atoms with Crippen LogP contribution in [0.5, 0.6) is 0 Å². The van der Waals surface area contributed by atoms with Gasteiger partial charge in [-0.2, -0.15) is 4.99 Å². The molecule has 1 unspecified atom stereocenters. The van der Waals surface area contributed by atoms with Gasteiger partial charge < -0.3 is 9.64 Å². The van der Waals surface area contributed by atoms with E-state index in [1.807, 2.05) is 73.6 Å². The van der Waals surface area contributed by atoms with Gasteiger partial charge in [0, 0.05) is 36.6 Å². The largest absolute Gasteiger partial charge is 0.448 e. The van der Waals surface area contributed by atoms with Gasteiger partial charge in [0.2, 0.25) is 17.2 Å². The Morgan fingerprint density at radius 1 is 0.931 bits per heavy atom. The van der Waals surface area contributed by atoms with Crippen molar-refractivity contribution in [3.63, 3.8) is 0 Å². The molecule has 1 heterocycles. The molecule has 0 radical (unpaired) electrons. The van der Waals surface area contributed by atoms with Crippen LogP contribution in [-0.2, 0) is 4.74 Å². The third-order valence-corrected chi connectivity index (χ3v) is 4.97. The molecule has 0 amide bonds. The number of rotatable bonds is 4. The van der Waals surface area contributed by atoms with Gasteiger partial charge in [0.1, 0.15) is 5.82 Å². The number of hydrogen-bond donors (Lipinski definition) is 0. The second kappa shape index (κ2) is 8.01. The third-order valence-electron chi connectivity index (χ3n) is 4.68. The standard InChI is InChI=1S/C23H20FN3OS/c1-26(2)19-12-8-17(9-13-19)22-27(20-14-10-18(24)11-15-20)23(29)25-21(28-22)16-6-4-3-5-7-16/h3-15,22H,1-2H3. The topological polar surface area (TPSA) is 28.1 Å². The van der Waals surface area contributed by atoms with Gasteiger partial charge in [0.25, 0.3) is 0 Å². The summed E-state index contributed by atoms with van der Waals surface area (Å²) >= 11 is 5.62. The molecule has 3 aromatic carbocycles. The average molecular weight is 405 g/mol. The van der Waals surface area contributed by atoms with Crippen molar-refractivity contribution in [2.24, 2.45) is 4.99 Å². The lowest BCUT2D eigenvalue weighted by Crippen LogP contribution is -2.40. The van der Waals surface area contributed by atoms with Gasteiger partial charge in [0.15, 0.2) is 0 Å². The first-order valence-corrected chi connectivity index (χ1v) is 9.60. The number of hydrogen-bond acceptors (Lipinski definition) is 3. The molecule has 0 bridgehead atoms. The first-order chi connectivity index (χ1) is 14.0. The van der Waals surface area contributed by atoms with Gasteiger partial charge in [-0.05, 0) is 60.7 Å². The molecule has 0 aromatic heterocycles. The summed E-state index contributed by atoms with van der Waals surface area (Å²) in [4.78, 5) is 8.33. The number of aliphatic imine (C=N–C) groups is 1. The van der Waals surface area contributed by atoms with Crippen molar-refractivity contribution in [2.75, 3.05) is 23.9 Å². The van der Waals surface area contributed by atoms with E-state index in [4.69, 9.17) is 17.0 Å². The average Bonchev–Trinajstić information content (AvgIpc) is 2.75. The molecule has 1 aliphatic rings. The van der Waals surface area contributed by atoms with E-state index < -0.39 is 6.23 Å². The molecule has 3 aromatic rings. The van der Waals surface area contributed by atoms with Crippen molar-refractivity contribution in [3.05, 3.63) is 95.8 Å². The van der Waals surface area contributed by atoms with Crippen molar-refractivity contribution in [3.8, 4) is 0 Å². The molecule has 0 saturated carbocycles. The lowest BCUT2D eigenvalue weighted by molar-refractivity contribution is 0.196. The van der Waals surface area contributed by atoms with Crippen molar-refractivity contribution in [1.82, 2.24) is 0 Å². The molecule has 0 saturated heterocycles. The SMILES string of the molecule is CN(C)c1ccc(C2OC(c3ccccc3)=NC(=S)N2c2ccc(F)cc2)cc1. The van der Waals surface area contributed by atoms with Crippen molar-refractivity contribution >= 4 is 34.6 Å². The van der Waals surface area contributed by atoms with E-state index in [1.165, 1.54) is 12.1 Å². The first-order valence-electron chi connectivity index (χ1n) is 9.20. The van der Waals surface area contributed by atoms with E-state index in [-0.39, 0.29) is 5.82 Å². The Morgan fingerprint density at radius 2 is 1.59 bits per heavy atom. The lowest BCUT2D eigenvalue weighted by Gasteiger charge is -2.36. The van der Waals surface area contributed by atoms with Gasteiger partial charge in [-0.1, -0.05) is 30.3 Å². The van der Waals surface area contributed by atoms with Crippen LogP contribution in [0.15, 0.2) is 83.9 Å². The summed E-state index contributed by atoms with van der Waals surface area (Å²) < 4.78 is 19.8. The zero-order valence-electron chi connectivity index (χ0n) is 16.1. The molecule has 1 atom stereocenters. The zero-order chi connectivity index (χ0) is 20.4. The van der Waals surface area contributed by atoms with Crippen molar-refractivity contribution < 1.29 is 9.13 Å². The predicted octanol–water partition coefficient (Wildman–Crippen LogP) is 5.16. The smallest absolute Gasteiger partial charge is 0.225 e. The van der Waals surface area contributed by atoms with Crippen LogP contribution in [0.25, 0.3) is 0 Å². The van der Waals surface area contributed by atoms with Crippen LogP contribution in [0.1, 0.15) is 17.4 Å². The van der Waals surface area contributed by atoms with Crippen LogP contribution in [0.3, 0.4) is 0 Å². The van der Waals surface area contributed by atoms with Gasteiger partial charge in [0.05, 0.1) is 0 Å². The van der Waals surface area contributed by atoms with Crippen molar-refractivity contribution in [1.29, 1.82) is 0 Å². The number of anilines is 2. The molecule has 6 heteroatoms. The summed E-state index contributed by atoms with van der Waals surface area (Å²) in [5.41, 5.74) is 3.57. The Kier molecular flexibility index (Phi) is 5.27. The highest BCUT2D eigenvalue weighted by Crippen LogP contribution is 2.34. The summed E-state index contributed by atoms with van der Waals surface area (Å²) in [5, 5.41) is 0.364. The van der Waals surface area contributed by atoms with Gasteiger partial charge in [-0.3, -0.25) is 4.90 Å². The Bertz CT molecular complexity index is 1030. The Morgan fingerprint density at radius 3 is 2.21 bits per heavy atom. The number of nitrogens with zero attached hydrogens (tertiary/aromatic N) is 3. The van der Waals surface area contributed by atoms with Gasteiger partial charge in [-0.25, -0.2) is 4.39 Å². The monoisotopic (exact) mass is 405 g/mol. The van der Waals surface area contributed by atoms with E-state index in [9.17, 15) is 4.39 Å². The predicted molar refractivity (Wildman–Crippen MR) is 119 cm³/mol. The quantitative estimate of drug-likeness (QED) is 0.561. The molecular formula is C23H20FN3OS.